The van der Waals surface area contributed by atoms with Gasteiger partial charge in [-0.15, -0.1) is 11.3 Å². The molecule has 1 atom stereocenters. The lowest BCUT2D eigenvalue weighted by Crippen LogP contribution is -2.30. The van der Waals surface area contributed by atoms with Gasteiger partial charge in [-0.25, -0.2) is 0 Å². The molecule has 174 valence electrons. The van der Waals surface area contributed by atoms with Crippen molar-refractivity contribution in [2.75, 3.05) is 26.2 Å². The summed E-state index contributed by atoms with van der Waals surface area (Å²) in [4.78, 5) is 5.80. The van der Waals surface area contributed by atoms with Crippen LogP contribution in [0.5, 0.6) is 0 Å². The summed E-state index contributed by atoms with van der Waals surface area (Å²) in [6, 6.07) is 23.6. The molecule has 0 aliphatic heterocycles. The van der Waals surface area contributed by atoms with Gasteiger partial charge in [0.15, 0.2) is 0 Å². The van der Waals surface area contributed by atoms with E-state index in [1.54, 1.807) is 11.3 Å². The second kappa shape index (κ2) is 11.3. The number of fused-ring (bicyclic) bond motifs is 2. The van der Waals surface area contributed by atoms with Crippen LogP contribution < -0.4 is 0 Å². The van der Waals surface area contributed by atoms with Crippen molar-refractivity contribution in [3.05, 3.63) is 82.7 Å². The monoisotopic (exact) mass is 460 g/mol. The minimum atomic E-state index is -0.595. The van der Waals surface area contributed by atoms with E-state index in [0.717, 1.165) is 50.4 Å². The van der Waals surface area contributed by atoms with E-state index in [9.17, 15) is 5.11 Å². The van der Waals surface area contributed by atoms with Crippen LogP contribution in [0.1, 0.15) is 48.9 Å². The SMILES string of the molecule is CCN(CC)CCCCN(Cc1ccc2ccccc2c1)C(O)c1sc2ccccc2c1C. The zero-order valence-electron chi connectivity index (χ0n) is 20.1. The fraction of sp³-hybridized carbons (Fsp3) is 0.379. The number of aliphatic hydroxyl groups is 1. The highest BCUT2D eigenvalue weighted by atomic mass is 32.1. The summed E-state index contributed by atoms with van der Waals surface area (Å²) >= 11 is 1.72. The number of benzene rings is 3. The molecule has 1 unspecified atom stereocenters. The summed E-state index contributed by atoms with van der Waals surface area (Å²) in [6.07, 6.45) is 1.63. The normalized spacial score (nSPS) is 12.9. The van der Waals surface area contributed by atoms with Gasteiger partial charge in [0.25, 0.3) is 0 Å². The zero-order chi connectivity index (χ0) is 23.2. The number of thiophene rings is 1. The summed E-state index contributed by atoms with van der Waals surface area (Å²) in [5, 5.41) is 15.3. The third kappa shape index (κ3) is 5.64. The number of aryl methyl sites for hydroxylation is 1. The van der Waals surface area contributed by atoms with Crippen LogP contribution in [0.25, 0.3) is 20.9 Å². The first-order valence-corrected chi connectivity index (χ1v) is 13.0. The molecule has 0 saturated heterocycles. The fourth-order valence-corrected chi connectivity index (χ4v) is 5.89. The van der Waals surface area contributed by atoms with Gasteiger partial charge in [0.2, 0.25) is 0 Å². The van der Waals surface area contributed by atoms with Gasteiger partial charge in [-0.3, -0.25) is 4.90 Å². The van der Waals surface area contributed by atoms with Crippen molar-refractivity contribution < 1.29 is 5.11 Å². The van der Waals surface area contributed by atoms with E-state index in [0.29, 0.717) is 0 Å². The lowest BCUT2D eigenvalue weighted by molar-refractivity contribution is -0.00340. The van der Waals surface area contributed by atoms with Gasteiger partial charge < -0.3 is 10.0 Å². The Morgan fingerprint density at radius 1 is 0.848 bits per heavy atom. The van der Waals surface area contributed by atoms with E-state index in [1.165, 1.54) is 32.0 Å². The molecule has 3 aromatic carbocycles. The first kappa shape index (κ1) is 23.9. The second-order valence-corrected chi connectivity index (χ2v) is 9.93. The Morgan fingerprint density at radius 3 is 2.30 bits per heavy atom. The van der Waals surface area contributed by atoms with Crippen molar-refractivity contribution in [3.8, 4) is 0 Å². The van der Waals surface area contributed by atoms with Gasteiger partial charge in [0, 0.05) is 17.8 Å². The molecular formula is C29H36N2OS. The van der Waals surface area contributed by atoms with Crippen LogP contribution in [0.2, 0.25) is 0 Å². The number of rotatable bonds is 11. The quantitative estimate of drug-likeness (QED) is 0.193. The molecule has 3 nitrogen and oxygen atoms in total. The maximum Gasteiger partial charge on any atom is 0.143 e. The largest absolute Gasteiger partial charge is 0.373 e. The lowest BCUT2D eigenvalue weighted by atomic mass is 10.1. The van der Waals surface area contributed by atoms with Crippen molar-refractivity contribution >= 4 is 32.2 Å². The van der Waals surface area contributed by atoms with Crippen molar-refractivity contribution in [2.24, 2.45) is 0 Å². The van der Waals surface area contributed by atoms with Gasteiger partial charge in [-0.05, 0) is 78.8 Å². The maximum absolute atomic E-state index is 11.6. The first-order chi connectivity index (χ1) is 16.1. The number of hydrogen-bond acceptors (Lipinski definition) is 4. The maximum atomic E-state index is 11.6. The molecule has 4 aromatic rings. The van der Waals surface area contributed by atoms with Crippen LogP contribution in [-0.4, -0.2) is 41.1 Å². The molecule has 4 heteroatoms. The topological polar surface area (TPSA) is 26.7 Å². The molecule has 0 aliphatic rings. The molecule has 0 aliphatic carbocycles. The predicted octanol–water partition coefficient (Wildman–Crippen LogP) is 6.98. The smallest absolute Gasteiger partial charge is 0.143 e. The Morgan fingerprint density at radius 2 is 1.55 bits per heavy atom. The van der Waals surface area contributed by atoms with E-state index < -0.39 is 6.23 Å². The lowest BCUT2D eigenvalue weighted by Gasteiger charge is -2.28. The molecule has 1 aromatic heterocycles. The van der Waals surface area contributed by atoms with Gasteiger partial charge in [-0.2, -0.15) is 0 Å². The molecule has 0 bridgehead atoms. The highest BCUT2D eigenvalue weighted by molar-refractivity contribution is 7.19. The van der Waals surface area contributed by atoms with Crippen LogP contribution in [0.15, 0.2) is 66.7 Å². The van der Waals surface area contributed by atoms with E-state index in [-0.39, 0.29) is 0 Å². The van der Waals surface area contributed by atoms with Gasteiger partial charge in [-0.1, -0.05) is 68.4 Å². The van der Waals surface area contributed by atoms with E-state index in [1.807, 2.05) is 0 Å². The van der Waals surface area contributed by atoms with Gasteiger partial charge >= 0.3 is 0 Å². The summed E-state index contributed by atoms with van der Waals surface area (Å²) in [5.74, 6) is 0. The van der Waals surface area contributed by atoms with Crippen molar-refractivity contribution in [2.45, 2.75) is 46.4 Å². The average Bonchev–Trinajstić information content (AvgIpc) is 3.19. The Labute approximate surface area is 202 Å². The number of aliphatic hydroxyl groups excluding tert-OH is 1. The fourth-order valence-electron chi connectivity index (χ4n) is 4.65. The first-order valence-electron chi connectivity index (χ1n) is 12.2. The Hall–Kier alpha value is -2.24. The molecule has 0 spiro atoms. The highest BCUT2D eigenvalue weighted by Gasteiger charge is 2.23. The van der Waals surface area contributed by atoms with E-state index >= 15 is 0 Å². The third-order valence-corrected chi connectivity index (χ3v) is 8.04. The molecular weight excluding hydrogens is 424 g/mol. The Balaban J connectivity index is 1.55. The van der Waals surface area contributed by atoms with Crippen molar-refractivity contribution in [1.29, 1.82) is 0 Å². The number of hydrogen-bond donors (Lipinski definition) is 1. The van der Waals surface area contributed by atoms with E-state index in [4.69, 9.17) is 0 Å². The van der Waals surface area contributed by atoms with Crippen molar-refractivity contribution in [3.63, 3.8) is 0 Å². The summed E-state index contributed by atoms with van der Waals surface area (Å²) in [7, 11) is 0. The van der Waals surface area contributed by atoms with E-state index in [2.05, 4.69) is 97.3 Å². The molecule has 33 heavy (non-hydrogen) atoms. The molecule has 1 heterocycles. The zero-order valence-corrected chi connectivity index (χ0v) is 20.9. The summed E-state index contributed by atoms with van der Waals surface area (Å²) < 4.78 is 1.25. The molecule has 0 fully saturated rings. The Bertz CT molecular complexity index is 1180. The van der Waals surface area contributed by atoms with Crippen molar-refractivity contribution in [1.82, 2.24) is 9.80 Å². The number of nitrogens with zero attached hydrogens (tertiary/aromatic N) is 2. The molecule has 1 N–H and O–H groups in total. The minimum absolute atomic E-state index is 0.595. The van der Waals surface area contributed by atoms with Crippen LogP contribution >= 0.6 is 11.3 Å². The Kier molecular flexibility index (Phi) is 8.15. The highest BCUT2D eigenvalue weighted by Crippen LogP contribution is 2.36. The second-order valence-electron chi connectivity index (χ2n) is 8.85. The molecule has 0 radical (unpaired) electrons. The summed E-state index contributed by atoms with van der Waals surface area (Å²) in [5.41, 5.74) is 2.45. The summed E-state index contributed by atoms with van der Waals surface area (Å²) in [6.45, 7) is 11.5. The van der Waals surface area contributed by atoms with Gasteiger partial charge in [0.05, 0.1) is 4.88 Å². The van der Waals surface area contributed by atoms with Crippen LogP contribution in [0.4, 0.5) is 0 Å². The van der Waals surface area contributed by atoms with Crippen LogP contribution in [-0.2, 0) is 6.54 Å². The standard InChI is InChI=1S/C29H36N2OS/c1-4-30(5-2)18-10-11-19-31(21-23-16-17-24-12-6-7-13-25(24)20-23)29(32)28-22(3)26-14-8-9-15-27(26)33-28/h6-9,12-17,20,29,32H,4-5,10-11,18-19,21H2,1-3H3. The minimum Gasteiger partial charge on any atom is -0.373 e. The average molecular weight is 461 g/mol. The van der Waals surface area contributed by atoms with Gasteiger partial charge in [0.1, 0.15) is 6.23 Å². The molecule has 0 saturated carbocycles. The van der Waals surface area contributed by atoms with Crippen LogP contribution in [0.3, 0.4) is 0 Å². The van der Waals surface area contributed by atoms with Crippen LogP contribution in [0, 0.1) is 6.92 Å². The predicted molar refractivity (Wildman–Crippen MR) is 143 cm³/mol. The molecule has 4 rings (SSSR count). The molecule has 0 amide bonds. The number of unbranched alkanes of at least 4 members (excludes halogenated alkanes) is 1. The third-order valence-electron chi connectivity index (χ3n) is 6.72.